The van der Waals surface area contributed by atoms with Gasteiger partial charge in [0, 0.05) is 47.4 Å². The number of fused-ring (bicyclic) bond motifs is 1. The number of carbonyl (C=O) groups excluding carboxylic acids is 2. The Hall–Kier alpha value is -3.72. The first kappa shape index (κ1) is 20.5. The second kappa shape index (κ2) is 8.57. The molecule has 0 amide bonds. The van der Waals surface area contributed by atoms with Gasteiger partial charge in [-0.2, -0.15) is 0 Å². The van der Waals surface area contributed by atoms with Crippen LogP contribution in [0.25, 0.3) is 10.9 Å². The number of Topliss-reactive ketones (excluding diaryl/α,β-unsaturated/α-hetero) is 1. The van der Waals surface area contributed by atoms with Crippen LogP contribution in [0.5, 0.6) is 0 Å². The molecule has 9 heteroatoms. The number of nitro benzene ring substituents is 1. The van der Waals surface area contributed by atoms with Crippen LogP contribution in [0.15, 0.2) is 42.5 Å². The number of para-hydroxylation sites is 1. The van der Waals surface area contributed by atoms with Crippen molar-refractivity contribution >= 4 is 34.0 Å². The first-order valence-electron chi connectivity index (χ1n) is 9.84. The average molecular weight is 423 g/mol. The number of nitro groups is 1. The molecule has 31 heavy (non-hydrogen) atoms. The average Bonchev–Trinajstić information content (AvgIpc) is 3.13. The van der Waals surface area contributed by atoms with Gasteiger partial charge in [-0.1, -0.05) is 18.2 Å². The number of benzene rings is 2. The lowest BCUT2D eigenvalue weighted by Crippen LogP contribution is -2.37. The summed E-state index contributed by atoms with van der Waals surface area (Å²) in [6.45, 7) is 3.39. The van der Waals surface area contributed by atoms with E-state index >= 15 is 0 Å². The lowest BCUT2D eigenvalue weighted by atomic mass is 10.1. The highest BCUT2D eigenvalue weighted by Gasteiger charge is 2.24. The van der Waals surface area contributed by atoms with Crippen LogP contribution in [0.1, 0.15) is 26.4 Å². The molecule has 160 valence electrons. The molecule has 0 bridgehead atoms. The van der Waals surface area contributed by atoms with E-state index in [0.717, 1.165) is 10.9 Å². The van der Waals surface area contributed by atoms with Gasteiger partial charge in [0.2, 0.25) is 5.78 Å². The summed E-state index contributed by atoms with van der Waals surface area (Å²) in [4.78, 5) is 41.3. The highest BCUT2D eigenvalue weighted by atomic mass is 16.6. The second-order valence-corrected chi connectivity index (χ2v) is 7.23. The summed E-state index contributed by atoms with van der Waals surface area (Å²) in [5.74, 6) is -1.13. The molecule has 0 spiro atoms. The smallest absolute Gasteiger partial charge is 0.340 e. The Bertz CT molecular complexity index is 1160. The van der Waals surface area contributed by atoms with E-state index in [-0.39, 0.29) is 17.0 Å². The van der Waals surface area contributed by atoms with Crippen molar-refractivity contribution in [3.63, 3.8) is 0 Å². The van der Waals surface area contributed by atoms with Crippen LogP contribution >= 0.6 is 0 Å². The summed E-state index contributed by atoms with van der Waals surface area (Å²) in [6, 6.07) is 11.5. The third-order valence-corrected chi connectivity index (χ3v) is 5.27. The molecule has 1 aliphatic rings. The molecule has 0 saturated carbocycles. The topological polar surface area (TPSA) is 115 Å². The van der Waals surface area contributed by atoms with E-state index in [1.165, 1.54) is 18.2 Å². The first-order valence-corrected chi connectivity index (χ1v) is 9.84. The Kier molecular flexibility index (Phi) is 5.68. The van der Waals surface area contributed by atoms with Gasteiger partial charge in [-0.25, -0.2) is 4.79 Å². The molecule has 1 aliphatic heterocycles. The Morgan fingerprint density at radius 3 is 2.68 bits per heavy atom. The Morgan fingerprint density at radius 1 is 1.19 bits per heavy atom. The zero-order chi connectivity index (χ0) is 22.0. The summed E-state index contributed by atoms with van der Waals surface area (Å²) in [6.07, 6.45) is 0. The van der Waals surface area contributed by atoms with Crippen molar-refractivity contribution in [1.82, 2.24) is 4.98 Å². The van der Waals surface area contributed by atoms with Gasteiger partial charge in [-0.05, 0) is 19.1 Å². The van der Waals surface area contributed by atoms with Crippen molar-refractivity contribution in [2.45, 2.75) is 6.92 Å². The van der Waals surface area contributed by atoms with Gasteiger partial charge in [-0.15, -0.1) is 0 Å². The molecule has 0 radical (unpaired) electrons. The number of non-ortho nitro benzene ring substituents is 1. The quantitative estimate of drug-likeness (QED) is 0.280. The summed E-state index contributed by atoms with van der Waals surface area (Å²) >= 11 is 0. The largest absolute Gasteiger partial charge is 0.454 e. The number of esters is 1. The fraction of sp³-hybridized carbons (Fsp3) is 0.273. The molecule has 3 aromatic rings. The first-order chi connectivity index (χ1) is 15.0. The van der Waals surface area contributed by atoms with Crippen molar-refractivity contribution in [3.05, 3.63) is 69.4 Å². The second-order valence-electron chi connectivity index (χ2n) is 7.23. The van der Waals surface area contributed by atoms with Crippen LogP contribution in [0.2, 0.25) is 0 Å². The van der Waals surface area contributed by atoms with Crippen molar-refractivity contribution in [2.75, 3.05) is 37.8 Å². The Morgan fingerprint density at radius 2 is 1.94 bits per heavy atom. The maximum atomic E-state index is 12.8. The highest BCUT2D eigenvalue weighted by molar-refractivity contribution is 6.10. The van der Waals surface area contributed by atoms with Crippen LogP contribution < -0.4 is 4.90 Å². The van der Waals surface area contributed by atoms with E-state index in [4.69, 9.17) is 9.47 Å². The van der Waals surface area contributed by atoms with Crippen LogP contribution in [-0.4, -0.2) is 54.6 Å². The molecule has 2 aromatic carbocycles. The summed E-state index contributed by atoms with van der Waals surface area (Å²) < 4.78 is 10.6. The van der Waals surface area contributed by atoms with E-state index < -0.39 is 17.5 Å². The number of ketones is 1. The van der Waals surface area contributed by atoms with Gasteiger partial charge in [0.15, 0.2) is 6.61 Å². The Balaban J connectivity index is 1.57. The van der Waals surface area contributed by atoms with E-state index in [1.54, 1.807) is 6.92 Å². The SMILES string of the molecule is Cc1[nH]c2ccccc2c1C(=O)COC(=O)c1cc([N+](=O)[O-])ccc1N1CCOCC1. The molecule has 1 fully saturated rings. The lowest BCUT2D eigenvalue weighted by Gasteiger charge is -2.30. The molecule has 0 aliphatic carbocycles. The van der Waals surface area contributed by atoms with Crippen molar-refractivity contribution in [1.29, 1.82) is 0 Å². The molecule has 1 saturated heterocycles. The van der Waals surface area contributed by atoms with Crippen molar-refractivity contribution in [3.8, 4) is 0 Å². The number of nitrogens with zero attached hydrogens (tertiary/aromatic N) is 2. The van der Waals surface area contributed by atoms with Crippen LogP contribution in [0, 0.1) is 17.0 Å². The number of nitrogens with one attached hydrogen (secondary N) is 1. The number of morpholine rings is 1. The van der Waals surface area contributed by atoms with Gasteiger partial charge in [-0.3, -0.25) is 14.9 Å². The number of anilines is 1. The molecular formula is C22H21N3O6. The van der Waals surface area contributed by atoms with E-state index in [9.17, 15) is 19.7 Å². The summed E-state index contributed by atoms with van der Waals surface area (Å²) in [7, 11) is 0. The number of ether oxygens (including phenoxy) is 2. The number of aromatic amines is 1. The molecule has 0 unspecified atom stereocenters. The summed E-state index contributed by atoms with van der Waals surface area (Å²) in [5, 5.41) is 12.0. The number of hydrogen-bond acceptors (Lipinski definition) is 7. The third kappa shape index (κ3) is 4.13. The van der Waals surface area contributed by atoms with Crippen LogP contribution in [0.3, 0.4) is 0 Å². The van der Waals surface area contributed by atoms with Gasteiger partial charge in [0.05, 0.1) is 29.4 Å². The number of carbonyl (C=O) groups is 2. The molecule has 1 aromatic heterocycles. The van der Waals surface area contributed by atoms with Gasteiger partial charge < -0.3 is 19.4 Å². The van der Waals surface area contributed by atoms with Gasteiger partial charge in [0.1, 0.15) is 0 Å². The predicted molar refractivity (Wildman–Crippen MR) is 114 cm³/mol. The third-order valence-electron chi connectivity index (χ3n) is 5.27. The minimum atomic E-state index is -0.781. The highest BCUT2D eigenvalue weighted by Crippen LogP contribution is 2.28. The minimum Gasteiger partial charge on any atom is -0.454 e. The number of H-pyrrole nitrogens is 1. The lowest BCUT2D eigenvalue weighted by molar-refractivity contribution is -0.384. The molecule has 0 atom stereocenters. The molecular weight excluding hydrogens is 402 g/mol. The molecule has 9 nitrogen and oxygen atoms in total. The van der Waals surface area contributed by atoms with Crippen LogP contribution in [-0.2, 0) is 9.47 Å². The minimum absolute atomic E-state index is 0.0551. The van der Waals surface area contributed by atoms with Gasteiger partial charge >= 0.3 is 5.97 Å². The van der Waals surface area contributed by atoms with E-state index in [1.807, 2.05) is 29.2 Å². The molecule has 1 N–H and O–H groups in total. The number of hydrogen-bond donors (Lipinski definition) is 1. The molecule has 4 rings (SSSR count). The number of rotatable bonds is 6. The van der Waals surface area contributed by atoms with Crippen molar-refractivity contribution < 1.29 is 24.0 Å². The van der Waals surface area contributed by atoms with E-state index in [2.05, 4.69) is 4.98 Å². The normalized spacial score (nSPS) is 13.9. The van der Waals surface area contributed by atoms with Crippen molar-refractivity contribution in [2.24, 2.45) is 0 Å². The zero-order valence-electron chi connectivity index (χ0n) is 16.9. The maximum Gasteiger partial charge on any atom is 0.340 e. The number of aryl methyl sites for hydroxylation is 1. The monoisotopic (exact) mass is 423 g/mol. The van der Waals surface area contributed by atoms with Gasteiger partial charge in [0.25, 0.3) is 5.69 Å². The fourth-order valence-electron chi connectivity index (χ4n) is 3.80. The number of aromatic nitrogens is 1. The summed E-state index contributed by atoms with van der Waals surface area (Å²) in [5.41, 5.74) is 2.34. The standard InChI is InChI=1S/C22H21N3O6/c1-14-21(16-4-2-3-5-18(16)23-14)20(26)13-31-22(27)17-12-15(25(28)29)6-7-19(17)24-8-10-30-11-9-24/h2-7,12,23H,8-11,13H2,1H3. The molecule has 2 heterocycles. The van der Waals surface area contributed by atoms with E-state index in [0.29, 0.717) is 43.2 Å². The fourth-order valence-corrected chi connectivity index (χ4v) is 3.80. The Labute approximate surface area is 177 Å². The predicted octanol–water partition coefficient (Wildman–Crippen LogP) is 3.26. The maximum absolute atomic E-state index is 12.8. The van der Waals surface area contributed by atoms with Crippen LogP contribution in [0.4, 0.5) is 11.4 Å². The zero-order valence-corrected chi connectivity index (χ0v) is 16.9.